The molecule has 0 aliphatic carbocycles. The fraction of sp³-hybridized carbons (Fsp3) is 0.320. The van der Waals surface area contributed by atoms with Crippen LogP contribution in [0.2, 0.25) is 0 Å². The van der Waals surface area contributed by atoms with E-state index in [1.165, 1.54) is 49.9 Å². The van der Waals surface area contributed by atoms with Gasteiger partial charge in [0.1, 0.15) is 6.08 Å². The Labute approximate surface area is 236 Å². The first kappa shape index (κ1) is 46.6. The van der Waals surface area contributed by atoms with Crippen LogP contribution in [0.15, 0.2) is 77.3 Å². The van der Waals surface area contributed by atoms with Gasteiger partial charge < -0.3 is 11.8 Å². The molecule has 0 nitrogen and oxygen atoms in total. The summed E-state index contributed by atoms with van der Waals surface area (Å²) in [5.74, 6) is -1.45. The molecule has 0 aromatic heterocycles. The fourth-order valence-corrected chi connectivity index (χ4v) is 1.41. The van der Waals surface area contributed by atoms with Gasteiger partial charge in [-0.05, 0) is 12.1 Å². The molecular weight excluding hydrogens is 666 g/mol. The van der Waals surface area contributed by atoms with E-state index >= 15 is 0 Å². The Balaban J connectivity index is -0.0000000753. The Morgan fingerprint density at radius 3 is 1.18 bits per heavy atom. The Kier molecular flexibility index (Phi) is 50.5. The Hall–Kier alpha value is -0.734. The molecule has 2 aromatic rings. The van der Waals surface area contributed by atoms with Gasteiger partial charge in [-0.2, -0.15) is 8.78 Å². The molecular formula is C25H33BrF6PdZn. The van der Waals surface area contributed by atoms with E-state index in [0.717, 1.165) is 4.47 Å². The molecule has 0 N–H and O–H groups in total. The van der Waals surface area contributed by atoms with Crippen LogP contribution in [0.4, 0.5) is 26.3 Å². The third kappa shape index (κ3) is 38.5. The van der Waals surface area contributed by atoms with Crippen molar-refractivity contribution in [2.45, 2.75) is 53.4 Å². The van der Waals surface area contributed by atoms with E-state index in [0.29, 0.717) is 0 Å². The summed E-state index contributed by atoms with van der Waals surface area (Å²) in [7, 11) is 0. The predicted octanol–water partition coefficient (Wildman–Crippen LogP) is 11.2. The van der Waals surface area contributed by atoms with Crippen molar-refractivity contribution < 1.29 is 66.2 Å². The first-order valence-electron chi connectivity index (χ1n) is 9.72. The van der Waals surface area contributed by atoms with E-state index < -0.39 is 18.0 Å². The number of hydrogen-bond acceptors (Lipinski definition) is 0. The molecule has 194 valence electrons. The van der Waals surface area contributed by atoms with Crippen molar-refractivity contribution in [2.75, 3.05) is 0 Å². The standard InChI is InChI=1S/C8H5F3.C6H5Br.2C4H10.C2F3.CH3.Pd.Zn/c9-7(8(10)11)6-4-2-1-3-5-6;7-6-4-2-1-3-5-6;2*1-3-4-2;3-1-2(4)5;;;/h1-5H;1-5H;2*3-4H2,1-2H3;;1H3;;/q;;;;2*-1;;+2. The van der Waals surface area contributed by atoms with Crippen LogP contribution >= 0.6 is 15.9 Å². The summed E-state index contributed by atoms with van der Waals surface area (Å²) in [6, 6.07) is 17.2. The number of halogens is 7. The molecule has 0 saturated carbocycles. The maximum Gasteiger partial charge on any atom is 2.00 e. The van der Waals surface area contributed by atoms with Crippen molar-refractivity contribution in [2.24, 2.45) is 0 Å². The molecule has 0 amide bonds. The molecule has 34 heavy (non-hydrogen) atoms. The van der Waals surface area contributed by atoms with Crippen LogP contribution in [0.5, 0.6) is 0 Å². The molecule has 9 heteroatoms. The average Bonchev–Trinajstić information content (AvgIpc) is 2.80. The van der Waals surface area contributed by atoms with Crippen LogP contribution < -0.4 is 0 Å². The first-order chi connectivity index (χ1) is 14.7. The molecule has 0 fully saturated rings. The largest absolute Gasteiger partial charge is 2.00 e. The predicted molar refractivity (Wildman–Crippen MR) is 128 cm³/mol. The monoisotopic (exact) mass is 696 g/mol. The van der Waals surface area contributed by atoms with Crippen molar-refractivity contribution in [3.63, 3.8) is 0 Å². The van der Waals surface area contributed by atoms with Crippen LogP contribution in [-0.2, 0) is 39.9 Å². The molecule has 0 aliphatic heterocycles. The molecule has 0 saturated heterocycles. The summed E-state index contributed by atoms with van der Waals surface area (Å²) in [4.78, 5) is 0. The summed E-state index contributed by atoms with van der Waals surface area (Å²) >= 11 is 3.31. The van der Waals surface area contributed by atoms with Crippen LogP contribution in [0.25, 0.3) is 5.83 Å². The maximum absolute atomic E-state index is 12.4. The van der Waals surface area contributed by atoms with Crippen molar-refractivity contribution in [3.8, 4) is 0 Å². The molecule has 0 aliphatic rings. The zero-order chi connectivity index (χ0) is 24.5. The van der Waals surface area contributed by atoms with Crippen molar-refractivity contribution in [3.05, 3.63) is 96.6 Å². The first-order valence-corrected chi connectivity index (χ1v) is 10.5. The summed E-state index contributed by atoms with van der Waals surface area (Å²) in [6.07, 6.45) is 0.696. The minimum atomic E-state index is -2.41. The van der Waals surface area contributed by atoms with Gasteiger partial charge in [0.05, 0.1) is 0 Å². The molecule has 0 bridgehead atoms. The summed E-state index contributed by atoms with van der Waals surface area (Å²) < 4.78 is 67.2. The van der Waals surface area contributed by atoms with Crippen LogP contribution in [0.1, 0.15) is 58.9 Å². The number of benzene rings is 2. The normalized spacial score (nSPS) is 7.62. The fourth-order valence-electron chi connectivity index (χ4n) is 1.11. The van der Waals surface area contributed by atoms with Gasteiger partial charge in [0.2, 0.25) is 0 Å². The number of rotatable bonds is 3. The third-order valence-corrected chi connectivity index (χ3v) is 3.53. The Morgan fingerprint density at radius 1 is 0.706 bits per heavy atom. The van der Waals surface area contributed by atoms with Crippen LogP contribution in [0.3, 0.4) is 0 Å². The summed E-state index contributed by atoms with van der Waals surface area (Å²) in [5, 5.41) is 0. The van der Waals surface area contributed by atoms with Crippen molar-refractivity contribution in [1.82, 2.24) is 0 Å². The Bertz CT molecular complexity index is 670. The SMILES string of the molecule is Brc1ccccc1.CCCC.CCCC.FC(F)=C(F)c1ccccc1.F[C-]=C(F)F.[CH3-].[Pd].[Zn+2]. The second-order valence-electron chi connectivity index (χ2n) is 5.59. The second kappa shape index (κ2) is 36.8. The van der Waals surface area contributed by atoms with E-state index in [1.807, 2.05) is 30.3 Å². The van der Waals surface area contributed by atoms with Gasteiger partial charge in [-0.3, -0.25) is 0 Å². The summed E-state index contributed by atoms with van der Waals surface area (Å²) in [6.45, 7) is 8.72. The quantitative estimate of drug-likeness (QED) is 0.170. The molecule has 2 rings (SSSR count). The van der Waals surface area contributed by atoms with E-state index in [1.54, 1.807) is 6.07 Å². The van der Waals surface area contributed by atoms with Crippen LogP contribution in [-0.4, -0.2) is 0 Å². The van der Waals surface area contributed by atoms with E-state index in [2.05, 4.69) is 43.6 Å². The zero-order valence-electron chi connectivity index (χ0n) is 20.3. The van der Waals surface area contributed by atoms with E-state index in [4.69, 9.17) is 0 Å². The van der Waals surface area contributed by atoms with Crippen molar-refractivity contribution in [1.29, 1.82) is 0 Å². The second-order valence-corrected chi connectivity index (χ2v) is 6.51. The topological polar surface area (TPSA) is 0 Å². The average molecular weight is 699 g/mol. The van der Waals surface area contributed by atoms with Gasteiger partial charge in [0.15, 0.2) is 5.83 Å². The van der Waals surface area contributed by atoms with Gasteiger partial charge in [0.25, 0.3) is 0 Å². The molecule has 0 heterocycles. The van der Waals surface area contributed by atoms with E-state index in [9.17, 15) is 26.3 Å². The van der Waals surface area contributed by atoms with Gasteiger partial charge in [-0.1, -0.05) is 118 Å². The maximum atomic E-state index is 12.4. The van der Waals surface area contributed by atoms with E-state index in [-0.39, 0.29) is 59.2 Å². The minimum absolute atomic E-state index is 0. The molecule has 2 aromatic carbocycles. The summed E-state index contributed by atoms with van der Waals surface area (Å²) in [5.41, 5.74) is -0.0903. The van der Waals surface area contributed by atoms with Crippen LogP contribution in [0, 0.1) is 13.8 Å². The minimum Gasteiger partial charge on any atom is -0.453 e. The number of hydrogen-bond donors (Lipinski definition) is 0. The van der Waals surface area contributed by atoms with Gasteiger partial charge in [-0.25, -0.2) is 19.5 Å². The molecule has 0 spiro atoms. The smallest absolute Gasteiger partial charge is 0.453 e. The Morgan fingerprint density at radius 2 is 1.00 bits per heavy atom. The van der Waals surface area contributed by atoms with Gasteiger partial charge in [0, 0.05) is 30.5 Å². The van der Waals surface area contributed by atoms with Gasteiger partial charge >= 0.3 is 25.6 Å². The molecule has 0 atom stereocenters. The number of unbranched alkanes of at least 4 members (excludes halogenated alkanes) is 2. The third-order valence-electron chi connectivity index (χ3n) is 3.00. The van der Waals surface area contributed by atoms with Gasteiger partial charge in [-0.15, -0.1) is 0 Å². The van der Waals surface area contributed by atoms with Crippen molar-refractivity contribution >= 4 is 21.8 Å². The molecule has 0 unspecified atom stereocenters. The molecule has 0 radical (unpaired) electrons. The zero-order valence-corrected chi connectivity index (χ0v) is 26.4.